The maximum atomic E-state index is 12.3. The van der Waals surface area contributed by atoms with Gasteiger partial charge in [-0.25, -0.2) is 4.68 Å². The van der Waals surface area contributed by atoms with E-state index < -0.39 is 18.3 Å². The third-order valence-electron chi connectivity index (χ3n) is 3.12. The van der Waals surface area contributed by atoms with E-state index in [1.54, 1.807) is 0 Å². The van der Waals surface area contributed by atoms with E-state index in [0.717, 1.165) is 25.9 Å². The molecule has 1 atom stereocenters. The SMILES string of the molecule is O=c1c(Br)c(NCCC2CCCO2)cnn1CC(F)(F)F. The van der Waals surface area contributed by atoms with Crippen LogP contribution < -0.4 is 10.9 Å². The van der Waals surface area contributed by atoms with Gasteiger partial charge in [0.1, 0.15) is 11.0 Å². The number of hydrogen-bond acceptors (Lipinski definition) is 4. The number of nitrogens with zero attached hydrogens (tertiary/aromatic N) is 2. The lowest BCUT2D eigenvalue weighted by Gasteiger charge is -2.13. The highest BCUT2D eigenvalue weighted by molar-refractivity contribution is 9.10. The summed E-state index contributed by atoms with van der Waals surface area (Å²) in [7, 11) is 0. The molecule has 0 amide bonds. The molecule has 1 unspecified atom stereocenters. The zero-order chi connectivity index (χ0) is 15.5. The highest BCUT2D eigenvalue weighted by Gasteiger charge is 2.29. The van der Waals surface area contributed by atoms with Crippen LogP contribution in [-0.4, -0.2) is 35.2 Å². The maximum Gasteiger partial charge on any atom is 0.408 e. The first-order valence-electron chi connectivity index (χ1n) is 6.54. The minimum absolute atomic E-state index is 0.0501. The Morgan fingerprint density at radius 3 is 2.90 bits per heavy atom. The maximum absolute atomic E-state index is 12.3. The van der Waals surface area contributed by atoms with Gasteiger partial charge in [0.25, 0.3) is 5.56 Å². The van der Waals surface area contributed by atoms with Gasteiger partial charge in [0.05, 0.1) is 18.0 Å². The van der Waals surface area contributed by atoms with Gasteiger partial charge in [0, 0.05) is 13.2 Å². The molecular weight excluding hydrogens is 355 g/mol. The molecule has 2 heterocycles. The first-order valence-corrected chi connectivity index (χ1v) is 7.34. The normalized spacial score (nSPS) is 19.0. The quantitative estimate of drug-likeness (QED) is 0.866. The summed E-state index contributed by atoms with van der Waals surface area (Å²) in [5, 5.41) is 6.52. The lowest BCUT2D eigenvalue weighted by atomic mass is 10.2. The van der Waals surface area contributed by atoms with Crippen LogP contribution in [0.3, 0.4) is 0 Å². The fourth-order valence-corrected chi connectivity index (χ4v) is 2.56. The fourth-order valence-electron chi connectivity index (χ4n) is 2.11. The molecule has 1 aliphatic heterocycles. The highest BCUT2D eigenvalue weighted by atomic mass is 79.9. The predicted octanol–water partition coefficient (Wildman–Crippen LogP) is 2.55. The van der Waals surface area contributed by atoms with Gasteiger partial charge in [-0.15, -0.1) is 0 Å². The van der Waals surface area contributed by atoms with Crippen molar-refractivity contribution in [2.75, 3.05) is 18.5 Å². The van der Waals surface area contributed by atoms with E-state index in [1.807, 2.05) is 0 Å². The van der Waals surface area contributed by atoms with Gasteiger partial charge >= 0.3 is 6.18 Å². The molecule has 21 heavy (non-hydrogen) atoms. The Kier molecular flexibility index (Phi) is 5.26. The van der Waals surface area contributed by atoms with E-state index in [2.05, 4.69) is 26.3 Å². The molecule has 0 spiro atoms. The molecule has 0 saturated carbocycles. The summed E-state index contributed by atoms with van der Waals surface area (Å²) in [6.45, 7) is -0.0717. The van der Waals surface area contributed by atoms with Gasteiger partial charge in [-0.2, -0.15) is 18.3 Å². The van der Waals surface area contributed by atoms with Crippen molar-refractivity contribution >= 4 is 21.6 Å². The van der Waals surface area contributed by atoms with Crippen molar-refractivity contribution in [2.24, 2.45) is 0 Å². The second-order valence-corrected chi connectivity index (χ2v) is 5.59. The lowest BCUT2D eigenvalue weighted by Crippen LogP contribution is -2.31. The van der Waals surface area contributed by atoms with Crippen LogP contribution in [0.2, 0.25) is 0 Å². The minimum atomic E-state index is -4.48. The van der Waals surface area contributed by atoms with Crippen LogP contribution in [0.5, 0.6) is 0 Å². The Morgan fingerprint density at radius 1 is 1.52 bits per heavy atom. The standard InChI is InChI=1S/C12H15BrF3N3O2/c13-10-9(17-4-3-8-2-1-5-21-8)6-18-19(11(10)20)7-12(14,15)16/h6,8,17H,1-5,7H2. The lowest BCUT2D eigenvalue weighted by molar-refractivity contribution is -0.143. The van der Waals surface area contributed by atoms with Crippen molar-refractivity contribution < 1.29 is 17.9 Å². The summed E-state index contributed by atoms with van der Waals surface area (Å²) in [4.78, 5) is 11.8. The molecule has 2 rings (SSSR count). The van der Waals surface area contributed by atoms with E-state index in [0.29, 0.717) is 16.9 Å². The van der Waals surface area contributed by atoms with Gasteiger partial charge < -0.3 is 10.1 Å². The number of rotatable bonds is 5. The second kappa shape index (κ2) is 6.78. The van der Waals surface area contributed by atoms with E-state index in [9.17, 15) is 18.0 Å². The average Bonchev–Trinajstić information content (AvgIpc) is 2.89. The van der Waals surface area contributed by atoms with E-state index in [-0.39, 0.29) is 10.6 Å². The van der Waals surface area contributed by atoms with Crippen LogP contribution in [0.1, 0.15) is 19.3 Å². The van der Waals surface area contributed by atoms with Crippen molar-refractivity contribution in [3.63, 3.8) is 0 Å². The molecule has 0 radical (unpaired) electrons. The Hall–Kier alpha value is -1.09. The van der Waals surface area contributed by atoms with E-state index >= 15 is 0 Å². The van der Waals surface area contributed by atoms with Crippen molar-refractivity contribution in [3.8, 4) is 0 Å². The molecule has 1 fully saturated rings. The molecule has 5 nitrogen and oxygen atoms in total. The number of nitrogens with one attached hydrogen (secondary N) is 1. The van der Waals surface area contributed by atoms with Crippen molar-refractivity contribution in [1.29, 1.82) is 0 Å². The summed E-state index contributed by atoms with van der Waals surface area (Å²) in [5.74, 6) is 0. The first kappa shape index (κ1) is 16.3. The Labute approximate surface area is 127 Å². The topological polar surface area (TPSA) is 56.1 Å². The van der Waals surface area contributed by atoms with E-state index in [1.165, 1.54) is 6.20 Å². The molecule has 1 aromatic heterocycles. The summed E-state index contributed by atoms with van der Waals surface area (Å²) >= 11 is 3.02. The van der Waals surface area contributed by atoms with Gasteiger partial charge in [0.2, 0.25) is 0 Å². The molecule has 118 valence electrons. The van der Waals surface area contributed by atoms with E-state index in [4.69, 9.17) is 4.74 Å². The van der Waals surface area contributed by atoms with Crippen LogP contribution in [0, 0.1) is 0 Å². The Balaban J connectivity index is 1.97. The number of halogens is 4. The number of alkyl halides is 3. The molecule has 1 aliphatic rings. The van der Waals surface area contributed by atoms with Crippen LogP contribution in [0.25, 0.3) is 0 Å². The van der Waals surface area contributed by atoms with Crippen LogP contribution in [-0.2, 0) is 11.3 Å². The highest BCUT2D eigenvalue weighted by Crippen LogP contribution is 2.20. The summed E-state index contributed by atoms with van der Waals surface area (Å²) in [6.07, 6.45) is -0.233. The Bertz CT molecular complexity index is 542. The molecule has 0 aromatic carbocycles. The number of hydrogen-bond donors (Lipinski definition) is 1. The first-order chi connectivity index (χ1) is 9.87. The second-order valence-electron chi connectivity index (χ2n) is 4.80. The molecular formula is C12H15BrF3N3O2. The number of aromatic nitrogens is 2. The summed E-state index contributed by atoms with van der Waals surface area (Å²) < 4.78 is 42.7. The Morgan fingerprint density at radius 2 is 2.29 bits per heavy atom. The molecule has 1 N–H and O–H groups in total. The third-order valence-corrected chi connectivity index (χ3v) is 3.89. The van der Waals surface area contributed by atoms with Crippen LogP contribution in [0.15, 0.2) is 15.5 Å². The van der Waals surface area contributed by atoms with Gasteiger partial charge in [0.15, 0.2) is 0 Å². The third kappa shape index (κ3) is 4.70. The van der Waals surface area contributed by atoms with Crippen molar-refractivity contribution in [3.05, 3.63) is 21.0 Å². The zero-order valence-corrected chi connectivity index (χ0v) is 12.7. The monoisotopic (exact) mass is 369 g/mol. The fraction of sp³-hybridized carbons (Fsp3) is 0.667. The van der Waals surface area contributed by atoms with Crippen LogP contribution >= 0.6 is 15.9 Å². The molecule has 0 bridgehead atoms. The zero-order valence-electron chi connectivity index (χ0n) is 11.1. The average molecular weight is 370 g/mol. The smallest absolute Gasteiger partial charge is 0.383 e. The van der Waals surface area contributed by atoms with Gasteiger partial charge in [-0.05, 0) is 35.2 Å². The molecule has 9 heteroatoms. The van der Waals surface area contributed by atoms with Crippen molar-refractivity contribution in [1.82, 2.24) is 9.78 Å². The summed E-state index contributed by atoms with van der Waals surface area (Å²) in [5.41, 5.74) is -0.425. The largest absolute Gasteiger partial charge is 0.408 e. The van der Waals surface area contributed by atoms with Crippen molar-refractivity contribution in [2.45, 2.75) is 38.1 Å². The minimum Gasteiger partial charge on any atom is -0.383 e. The molecule has 1 aromatic rings. The number of anilines is 1. The van der Waals surface area contributed by atoms with Gasteiger partial charge in [-0.1, -0.05) is 0 Å². The number of ether oxygens (including phenoxy) is 1. The summed E-state index contributed by atoms with van der Waals surface area (Å²) in [6, 6.07) is 0. The van der Waals surface area contributed by atoms with Gasteiger partial charge in [-0.3, -0.25) is 4.79 Å². The molecule has 1 saturated heterocycles. The predicted molar refractivity (Wildman–Crippen MR) is 74.3 cm³/mol. The van der Waals surface area contributed by atoms with Crippen LogP contribution in [0.4, 0.5) is 18.9 Å². The molecule has 0 aliphatic carbocycles.